The van der Waals surface area contributed by atoms with Crippen LogP contribution in [0, 0.1) is 13.8 Å². The number of carbonyl (C=O) groups excluding carboxylic acids is 1. The lowest BCUT2D eigenvalue weighted by Crippen LogP contribution is -2.34. The van der Waals surface area contributed by atoms with Crippen LogP contribution in [0.25, 0.3) is 0 Å². The van der Waals surface area contributed by atoms with E-state index in [1.165, 1.54) is 4.90 Å². The Morgan fingerprint density at radius 1 is 1.14 bits per heavy atom. The molecule has 0 bridgehead atoms. The molecule has 0 aliphatic heterocycles. The number of likely N-dealkylation sites (N-methyl/N-ethyl adjacent to an activating group) is 1. The van der Waals surface area contributed by atoms with Crippen molar-refractivity contribution in [1.82, 2.24) is 4.90 Å². The molecule has 0 aliphatic carbocycles. The molecule has 0 aliphatic rings. The van der Waals surface area contributed by atoms with Crippen molar-refractivity contribution >= 4 is 11.9 Å². The van der Waals surface area contributed by atoms with Crippen LogP contribution >= 0.6 is 0 Å². The Morgan fingerprint density at radius 2 is 1.76 bits per heavy atom. The predicted molar refractivity (Wildman–Crippen MR) is 77.5 cm³/mol. The highest BCUT2D eigenvalue weighted by Gasteiger charge is 2.10. The first-order valence-corrected chi connectivity index (χ1v) is 6.63. The fourth-order valence-corrected chi connectivity index (χ4v) is 1.78. The maximum Gasteiger partial charge on any atom is 0.329 e. The molecule has 0 radical (unpaired) electrons. The minimum atomic E-state index is -1.09. The minimum Gasteiger partial charge on any atom is -0.492 e. The fourth-order valence-electron chi connectivity index (χ4n) is 1.78. The molecule has 1 amide bonds. The molecule has 0 aromatic heterocycles. The van der Waals surface area contributed by atoms with Gasteiger partial charge >= 0.3 is 5.97 Å². The number of amides is 1. The smallest absolute Gasteiger partial charge is 0.329 e. The van der Waals surface area contributed by atoms with Crippen LogP contribution in [0.5, 0.6) is 5.75 Å². The molecular formula is C15H21NO5. The van der Waals surface area contributed by atoms with Crippen LogP contribution in [-0.4, -0.2) is 55.3 Å². The van der Waals surface area contributed by atoms with Crippen LogP contribution in [0.4, 0.5) is 0 Å². The van der Waals surface area contributed by atoms with Gasteiger partial charge in [0, 0.05) is 7.05 Å². The maximum atomic E-state index is 11.6. The summed E-state index contributed by atoms with van der Waals surface area (Å²) in [6.45, 7) is 4.04. The van der Waals surface area contributed by atoms with Crippen LogP contribution in [0.1, 0.15) is 11.1 Å². The van der Waals surface area contributed by atoms with Crippen LogP contribution < -0.4 is 4.74 Å². The van der Waals surface area contributed by atoms with E-state index in [1.54, 1.807) is 7.05 Å². The highest BCUT2D eigenvalue weighted by molar-refractivity contribution is 5.77. The van der Waals surface area contributed by atoms with E-state index in [-0.39, 0.29) is 12.5 Å². The highest BCUT2D eigenvalue weighted by Crippen LogP contribution is 2.15. The number of rotatable bonds is 8. The Morgan fingerprint density at radius 3 is 2.33 bits per heavy atom. The SMILES string of the molecule is Cc1cc(C)cc(OCCN(C)C(=O)COCC(=O)O)c1. The third-order valence-electron chi connectivity index (χ3n) is 2.77. The van der Waals surface area contributed by atoms with Crippen molar-refractivity contribution in [2.75, 3.05) is 33.4 Å². The van der Waals surface area contributed by atoms with Crippen molar-refractivity contribution in [1.29, 1.82) is 0 Å². The molecule has 0 saturated carbocycles. The lowest BCUT2D eigenvalue weighted by atomic mass is 10.1. The Bertz CT molecular complexity index is 481. The number of aliphatic carboxylic acids is 1. The van der Waals surface area contributed by atoms with E-state index >= 15 is 0 Å². The molecule has 0 saturated heterocycles. The van der Waals surface area contributed by atoms with E-state index in [1.807, 2.05) is 26.0 Å². The molecule has 0 spiro atoms. The van der Waals surface area contributed by atoms with E-state index < -0.39 is 12.6 Å². The molecule has 0 heterocycles. The van der Waals surface area contributed by atoms with E-state index in [9.17, 15) is 9.59 Å². The lowest BCUT2D eigenvalue weighted by Gasteiger charge is -2.17. The standard InChI is InChI=1S/C15H21NO5/c1-11-6-12(2)8-13(7-11)21-5-4-16(3)14(17)9-20-10-15(18)19/h6-8H,4-5,9-10H2,1-3H3,(H,18,19). The second-order valence-corrected chi connectivity index (χ2v) is 4.87. The molecule has 0 unspecified atom stereocenters. The highest BCUT2D eigenvalue weighted by atomic mass is 16.5. The molecule has 1 rings (SSSR count). The zero-order chi connectivity index (χ0) is 15.8. The van der Waals surface area contributed by atoms with Gasteiger partial charge in [0.1, 0.15) is 25.6 Å². The Kier molecular flexibility index (Phi) is 6.68. The molecule has 6 heteroatoms. The van der Waals surface area contributed by atoms with Crippen molar-refractivity contribution in [3.8, 4) is 5.75 Å². The third kappa shape index (κ3) is 6.76. The molecule has 6 nitrogen and oxygen atoms in total. The summed E-state index contributed by atoms with van der Waals surface area (Å²) < 4.78 is 10.3. The van der Waals surface area contributed by atoms with Gasteiger partial charge in [-0.25, -0.2) is 4.79 Å². The molecular weight excluding hydrogens is 274 g/mol. The van der Waals surface area contributed by atoms with Crippen molar-refractivity contribution in [3.63, 3.8) is 0 Å². The maximum absolute atomic E-state index is 11.6. The van der Waals surface area contributed by atoms with Crippen molar-refractivity contribution < 1.29 is 24.2 Å². The first kappa shape index (κ1) is 17.0. The van der Waals surface area contributed by atoms with E-state index in [0.717, 1.165) is 16.9 Å². The van der Waals surface area contributed by atoms with E-state index in [0.29, 0.717) is 13.2 Å². The zero-order valence-corrected chi connectivity index (χ0v) is 12.6. The van der Waals surface area contributed by atoms with Gasteiger partial charge in [0.2, 0.25) is 5.91 Å². The molecule has 116 valence electrons. The van der Waals surface area contributed by atoms with Crippen molar-refractivity contribution in [2.45, 2.75) is 13.8 Å². The van der Waals surface area contributed by atoms with Gasteiger partial charge < -0.3 is 19.5 Å². The van der Waals surface area contributed by atoms with Gasteiger partial charge in [-0.05, 0) is 37.1 Å². The number of carboxylic acids is 1. The fraction of sp³-hybridized carbons (Fsp3) is 0.467. The molecule has 1 aromatic carbocycles. The number of aryl methyl sites for hydroxylation is 2. The molecule has 21 heavy (non-hydrogen) atoms. The summed E-state index contributed by atoms with van der Waals surface area (Å²) >= 11 is 0. The predicted octanol–water partition coefficient (Wildman–Crippen LogP) is 1.24. The van der Waals surface area contributed by atoms with Crippen molar-refractivity contribution in [2.24, 2.45) is 0 Å². The third-order valence-corrected chi connectivity index (χ3v) is 2.77. The molecule has 1 N–H and O–H groups in total. The second kappa shape index (κ2) is 8.26. The Balaban J connectivity index is 2.30. The first-order valence-electron chi connectivity index (χ1n) is 6.63. The quantitative estimate of drug-likeness (QED) is 0.781. The summed E-state index contributed by atoms with van der Waals surface area (Å²) in [6.07, 6.45) is 0. The molecule has 1 aromatic rings. The van der Waals surface area contributed by atoms with Gasteiger partial charge in [-0.1, -0.05) is 6.07 Å². The van der Waals surface area contributed by atoms with Crippen LogP contribution in [0.15, 0.2) is 18.2 Å². The minimum absolute atomic E-state index is 0.244. The number of benzene rings is 1. The van der Waals surface area contributed by atoms with E-state index in [4.69, 9.17) is 14.6 Å². The zero-order valence-electron chi connectivity index (χ0n) is 12.6. The topological polar surface area (TPSA) is 76.1 Å². The number of nitrogens with zero attached hydrogens (tertiary/aromatic N) is 1. The van der Waals surface area contributed by atoms with E-state index in [2.05, 4.69) is 6.07 Å². The van der Waals surface area contributed by atoms with Gasteiger partial charge in [0.15, 0.2) is 0 Å². The summed E-state index contributed by atoms with van der Waals surface area (Å²) in [7, 11) is 1.62. The largest absolute Gasteiger partial charge is 0.492 e. The normalized spacial score (nSPS) is 10.2. The average molecular weight is 295 g/mol. The number of hydrogen-bond acceptors (Lipinski definition) is 4. The average Bonchev–Trinajstić information content (AvgIpc) is 2.36. The van der Waals surface area contributed by atoms with Gasteiger partial charge in [-0.3, -0.25) is 4.79 Å². The molecule has 0 atom stereocenters. The van der Waals surface area contributed by atoms with Crippen LogP contribution in [0.2, 0.25) is 0 Å². The summed E-state index contributed by atoms with van der Waals surface area (Å²) in [5.41, 5.74) is 2.24. The second-order valence-electron chi connectivity index (χ2n) is 4.87. The van der Waals surface area contributed by atoms with Crippen LogP contribution in [-0.2, 0) is 14.3 Å². The number of ether oxygens (including phenoxy) is 2. The summed E-state index contributed by atoms with van der Waals surface area (Å²) in [5, 5.41) is 8.41. The van der Waals surface area contributed by atoms with Crippen molar-refractivity contribution in [3.05, 3.63) is 29.3 Å². The monoisotopic (exact) mass is 295 g/mol. The van der Waals surface area contributed by atoms with Gasteiger partial charge in [-0.15, -0.1) is 0 Å². The number of hydrogen-bond donors (Lipinski definition) is 1. The van der Waals surface area contributed by atoms with Crippen LogP contribution in [0.3, 0.4) is 0 Å². The van der Waals surface area contributed by atoms with Gasteiger partial charge in [0.05, 0.1) is 6.54 Å². The summed E-state index contributed by atoms with van der Waals surface area (Å²) in [4.78, 5) is 23.3. The lowest BCUT2D eigenvalue weighted by molar-refractivity contribution is -0.145. The van der Waals surface area contributed by atoms with Gasteiger partial charge in [0.25, 0.3) is 0 Å². The Hall–Kier alpha value is -2.08. The van der Waals surface area contributed by atoms with Gasteiger partial charge in [-0.2, -0.15) is 0 Å². The number of carboxylic acid groups (broad SMARTS) is 1. The summed E-state index contributed by atoms with van der Waals surface area (Å²) in [5.74, 6) is -0.598. The first-order chi connectivity index (χ1) is 9.88. The number of carbonyl (C=O) groups is 2. The Labute approximate surface area is 124 Å². The summed E-state index contributed by atoms with van der Waals surface area (Å²) in [6, 6.07) is 5.93. The molecule has 0 fully saturated rings.